The average Bonchev–Trinajstić information content (AvgIpc) is 2.84. The Bertz CT molecular complexity index is 502. The number of ether oxygens (including phenoxy) is 2. The van der Waals surface area contributed by atoms with Crippen molar-refractivity contribution >= 4 is 28.7 Å². The second-order valence-electron chi connectivity index (χ2n) is 6.07. The molecule has 1 fully saturated rings. The van der Waals surface area contributed by atoms with E-state index in [9.17, 15) is 4.79 Å². The van der Waals surface area contributed by atoms with E-state index in [1.54, 1.807) is 11.1 Å². The zero-order valence-electron chi connectivity index (χ0n) is 12.6. The van der Waals surface area contributed by atoms with E-state index < -0.39 is 5.60 Å². The van der Waals surface area contributed by atoms with Gasteiger partial charge in [0.15, 0.2) is 0 Å². The van der Waals surface area contributed by atoms with Gasteiger partial charge in [-0.15, -0.1) is 0 Å². The lowest BCUT2D eigenvalue weighted by Crippen LogP contribution is -2.42. The molecule has 2 rings (SSSR count). The normalized spacial score (nSPS) is 18.7. The van der Waals surface area contributed by atoms with E-state index in [-0.39, 0.29) is 12.1 Å². The molecule has 1 amide bonds. The Morgan fingerprint density at radius 2 is 2.29 bits per heavy atom. The van der Waals surface area contributed by atoms with Gasteiger partial charge in [0.2, 0.25) is 5.88 Å². The molecule has 0 radical (unpaired) electrons. The molecule has 1 atom stereocenters. The van der Waals surface area contributed by atoms with Gasteiger partial charge in [-0.1, -0.05) is 0 Å². The lowest BCUT2D eigenvalue weighted by molar-refractivity contribution is 0.0185. The minimum atomic E-state index is -0.471. The molecule has 1 saturated heterocycles. The van der Waals surface area contributed by atoms with E-state index >= 15 is 0 Å². The van der Waals surface area contributed by atoms with Crippen LogP contribution in [0.15, 0.2) is 18.3 Å². The maximum absolute atomic E-state index is 12.2. The molecule has 0 aromatic carbocycles. The first kappa shape index (κ1) is 16.3. The van der Waals surface area contributed by atoms with Crippen molar-refractivity contribution in [2.24, 2.45) is 0 Å². The lowest BCUT2D eigenvalue weighted by atomic mass is 10.2. The van der Waals surface area contributed by atoms with Crippen molar-refractivity contribution in [2.45, 2.75) is 45.3 Å². The molecule has 1 aliphatic rings. The van der Waals surface area contributed by atoms with E-state index in [2.05, 4.69) is 27.6 Å². The maximum Gasteiger partial charge on any atom is 0.410 e. The Morgan fingerprint density at radius 1 is 1.52 bits per heavy atom. The zero-order valence-corrected chi connectivity index (χ0v) is 14.8. The van der Waals surface area contributed by atoms with Gasteiger partial charge in [0, 0.05) is 12.7 Å². The van der Waals surface area contributed by atoms with Gasteiger partial charge in [0.05, 0.1) is 9.61 Å². The second-order valence-corrected chi connectivity index (χ2v) is 7.23. The van der Waals surface area contributed by atoms with Crippen LogP contribution in [0.4, 0.5) is 4.79 Å². The van der Waals surface area contributed by atoms with Crippen LogP contribution in [0.5, 0.6) is 5.88 Å². The predicted molar refractivity (Wildman–Crippen MR) is 88.4 cm³/mol. The minimum Gasteiger partial charge on any atom is -0.475 e. The summed E-state index contributed by atoms with van der Waals surface area (Å²) in [7, 11) is 0. The first-order valence-electron chi connectivity index (χ1n) is 7.10. The number of hydrogen-bond donors (Lipinski definition) is 0. The van der Waals surface area contributed by atoms with E-state index in [0.29, 0.717) is 12.5 Å². The summed E-state index contributed by atoms with van der Waals surface area (Å²) in [4.78, 5) is 18.1. The lowest BCUT2D eigenvalue weighted by Gasteiger charge is -2.28. The van der Waals surface area contributed by atoms with Crippen molar-refractivity contribution < 1.29 is 14.3 Å². The molecule has 0 unspecified atom stereocenters. The molecule has 2 heterocycles. The summed E-state index contributed by atoms with van der Waals surface area (Å²) in [6, 6.07) is 3.87. The Labute approximate surface area is 139 Å². The van der Waals surface area contributed by atoms with Gasteiger partial charge < -0.3 is 14.4 Å². The van der Waals surface area contributed by atoms with Crippen LogP contribution in [-0.2, 0) is 4.74 Å². The van der Waals surface area contributed by atoms with Gasteiger partial charge in [-0.3, -0.25) is 0 Å². The zero-order chi connectivity index (χ0) is 15.5. The largest absolute Gasteiger partial charge is 0.475 e. The van der Waals surface area contributed by atoms with Crippen molar-refractivity contribution in [3.8, 4) is 5.88 Å². The van der Waals surface area contributed by atoms with E-state index in [1.807, 2.05) is 32.9 Å². The van der Waals surface area contributed by atoms with Gasteiger partial charge in [-0.05, 0) is 68.3 Å². The molecule has 0 N–H and O–H groups in total. The summed E-state index contributed by atoms with van der Waals surface area (Å²) >= 11 is 2.19. The van der Waals surface area contributed by atoms with Gasteiger partial charge >= 0.3 is 6.09 Å². The van der Waals surface area contributed by atoms with Crippen LogP contribution in [0, 0.1) is 3.57 Å². The van der Waals surface area contributed by atoms with Crippen molar-refractivity contribution in [2.75, 3.05) is 13.2 Å². The summed E-state index contributed by atoms with van der Waals surface area (Å²) in [5.41, 5.74) is -0.471. The molecule has 5 nitrogen and oxygen atoms in total. The van der Waals surface area contributed by atoms with E-state index in [4.69, 9.17) is 9.47 Å². The van der Waals surface area contributed by atoms with Crippen LogP contribution in [0.25, 0.3) is 0 Å². The fourth-order valence-corrected chi connectivity index (χ4v) is 2.73. The van der Waals surface area contributed by atoms with Crippen molar-refractivity contribution in [1.29, 1.82) is 0 Å². The Hall–Kier alpha value is -1.05. The molecule has 0 saturated carbocycles. The fraction of sp³-hybridized carbons (Fsp3) is 0.600. The number of amides is 1. The van der Waals surface area contributed by atoms with Crippen LogP contribution < -0.4 is 4.74 Å². The van der Waals surface area contributed by atoms with Crippen LogP contribution in [-0.4, -0.2) is 40.8 Å². The molecule has 21 heavy (non-hydrogen) atoms. The molecule has 0 aliphatic carbocycles. The molecule has 1 aromatic rings. The SMILES string of the molecule is CC(C)(C)OC(=O)N1CCC[C@@H]1COc1ncccc1I. The van der Waals surface area contributed by atoms with E-state index in [1.165, 1.54) is 0 Å². The highest BCUT2D eigenvalue weighted by molar-refractivity contribution is 14.1. The Morgan fingerprint density at radius 3 is 2.95 bits per heavy atom. The molecule has 6 heteroatoms. The summed E-state index contributed by atoms with van der Waals surface area (Å²) in [5, 5.41) is 0. The molecule has 1 aromatic heterocycles. The molecule has 0 spiro atoms. The number of pyridine rings is 1. The number of carbonyl (C=O) groups excluding carboxylic acids is 1. The number of aromatic nitrogens is 1. The average molecular weight is 404 g/mol. The van der Waals surface area contributed by atoms with Gasteiger partial charge in [-0.2, -0.15) is 0 Å². The van der Waals surface area contributed by atoms with Crippen LogP contribution in [0.3, 0.4) is 0 Å². The first-order chi connectivity index (χ1) is 9.87. The third-order valence-corrected chi connectivity index (χ3v) is 3.96. The van der Waals surface area contributed by atoms with Crippen molar-refractivity contribution in [3.05, 3.63) is 21.9 Å². The smallest absolute Gasteiger partial charge is 0.410 e. The molecular formula is C15H21IN2O3. The summed E-state index contributed by atoms with van der Waals surface area (Å²) in [5.74, 6) is 0.620. The van der Waals surface area contributed by atoms with Gasteiger partial charge in [-0.25, -0.2) is 9.78 Å². The molecular weight excluding hydrogens is 383 g/mol. The second kappa shape index (κ2) is 6.81. The third-order valence-electron chi connectivity index (χ3n) is 3.14. The number of likely N-dealkylation sites (tertiary alicyclic amines) is 1. The number of carbonyl (C=O) groups is 1. The van der Waals surface area contributed by atoms with Gasteiger partial charge in [0.25, 0.3) is 0 Å². The highest BCUT2D eigenvalue weighted by atomic mass is 127. The van der Waals surface area contributed by atoms with Crippen LogP contribution in [0.2, 0.25) is 0 Å². The van der Waals surface area contributed by atoms with Crippen LogP contribution >= 0.6 is 22.6 Å². The van der Waals surface area contributed by atoms with E-state index in [0.717, 1.165) is 23.0 Å². The molecule has 1 aliphatic heterocycles. The monoisotopic (exact) mass is 404 g/mol. The highest BCUT2D eigenvalue weighted by Crippen LogP contribution is 2.23. The molecule has 116 valence electrons. The quantitative estimate of drug-likeness (QED) is 0.725. The number of halogens is 1. The summed E-state index contributed by atoms with van der Waals surface area (Å²) < 4.78 is 12.2. The fourth-order valence-electron chi connectivity index (χ4n) is 2.22. The number of rotatable bonds is 3. The van der Waals surface area contributed by atoms with Crippen molar-refractivity contribution in [1.82, 2.24) is 9.88 Å². The minimum absolute atomic E-state index is 0.0534. The third kappa shape index (κ3) is 4.72. The Kier molecular flexibility index (Phi) is 5.29. The predicted octanol–water partition coefficient (Wildman–Crippen LogP) is 3.46. The molecule has 0 bridgehead atoms. The van der Waals surface area contributed by atoms with Crippen molar-refractivity contribution in [3.63, 3.8) is 0 Å². The maximum atomic E-state index is 12.2. The highest BCUT2D eigenvalue weighted by Gasteiger charge is 2.32. The summed E-state index contributed by atoms with van der Waals surface area (Å²) in [6.07, 6.45) is 3.36. The topological polar surface area (TPSA) is 51.7 Å². The first-order valence-corrected chi connectivity index (χ1v) is 8.17. The number of nitrogens with zero attached hydrogens (tertiary/aromatic N) is 2. The summed E-state index contributed by atoms with van der Waals surface area (Å²) in [6.45, 7) is 6.81. The standard InChI is InChI=1S/C15H21IN2O3/c1-15(2,3)21-14(19)18-9-5-6-11(18)10-20-13-12(16)7-4-8-17-13/h4,7-8,11H,5-6,9-10H2,1-3H3/t11-/m1/s1. The number of hydrogen-bond acceptors (Lipinski definition) is 4. The van der Waals surface area contributed by atoms with Crippen LogP contribution in [0.1, 0.15) is 33.6 Å². The van der Waals surface area contributed by atoms with Gasteiger partial charge in [0.1, 0.15) is 12.2 Å². The Balaban J connectivity index is 1.93.